The van der Waals surface area contributed by atoms with Gasteiger partial charge >= 0.3 is 0 Å². The van der Waals surface area contributed by atoms with Gasteiger partial charge < -0.3 is 5.32 Å². The predicted octanol–water partition coefficient (Wildman–Crippen LogP) is 4.59. The van der Waals surface area contributed by atoms with Gasteiger partial charge in [0.15, 0.2) is 0 Å². The molecule has 0 aliphatic heterocycles. The second-order valence-electron chi connectivity index (χ2n) is 4.31. The zero-order chi connectivity index (χ0) is 13.8. The first-order valence-corrected chi connectivity index (χ1v) is 7.02. The minimum Gasteiger partial charge on any atom is -0.326 e. The average Bonchev–Trinajstić information content (AvgIpc) is 2.36. The van der Waals surface area contributed by atoms with E-state index in [1.54, 1.807) is 6.07 Å². The van der Waals surface area contributed by atoms with Crippen molar-refractivity contribution in [3.8, 4) is 0 Å². The van der Waals surface area contributed by atoms with Gasteiger partial charge in [-0.25, -0.2) is 0 Å². The number of nitrogens with one attached hydrogen (secondary N) is 1. The van der Waals surface area contributed by atoms with Gasteiger partial charge in [0, 0.05) is 15.2 Å². The van der Waals surface area contributed by atoms with Crippen LogP contribution in [-0.4, -0.2) is 5.91 Å². The molecule has 0 aromatic heterocycles. The highest BCUT2D eigenvalue weighted by atomic mass is 79.9. The number of carbonyl (C=O) groups is 1. The van der Waals surface area contributed by atoms with Crippen molar-refractivity contribution < 1.29 is 4.79 Å². The van der Waals surface area contributed by atoms with Gasteiger partial charge in [0.05, 0.1) is 6.42 Å². The Labute approximate surface area is 125 Å². The number of hydrogen-bond donors (Lipinski definition) is 1. The molecule has 98 valence electrons. The number of carbonyl (C=O) groups excluding carboxylic acids is 1. The van der Waals surface area contributed by atoms with Crippen LogP contribution in [0.3, 0.4) is 0 Å². The van der Waals surface area contributed by atoms with Gasteiger partial charge in [-0.1, -0.05) is 39.7 Å². The molecular formula is C15H13BrClNO. The number of anilines is 1. The van der Waals surface area contributed by atoms with E-state index in [0.29, 0.717) is 11.4 Å². The molecule has 2 aromatic carbocycles. The number of rotatable bonds is 3. The van der Waals surface area contributed by atoms with Crippen molar-refractivity contribution in [2.24, 2.45) is 0 Å². The largest absolute Gasteiger partial charge is 0.326 e. The van der Waals surface area contributed by atoms with Crippen molar-refractivity contribution in [3.63, 3.8) is 0 Å². The molecular weight excluding hydrogens is 326 g/mol. The van der Waals surface area contributed by atoms with Gasteiger partial charge in [0.1, 0.15) is 0 Å². The summed E-state index contributed by atoms with van der Waals surface area (Å²) in [6.45, 7) is 1.92. The van der Waals surface area contributed by atoms with Gasteiger partial charge in [0.25, 0.3) is 0 Å². The topological polar surface area (TPSA) is 29.1 Å². The number of benzene rings is 2. The summed E-state index contributed by atoms with van der Waals surface area (Å²) in [5.41, 5.74) is 2.73. The SMILES string of the molecule is Cc1cc(Cl)ccc1NC(=O)Cc1ccc(Br)cc1. The lowest BCUT2D eigenvalue weighted by Crippen LogP contribution is -2.15. The summed E-state index contributed by atoms with van der Waals surface area (Å²) in [5, 5.41) is 3.56. The summed E-state index contributed by atoms with van der Waals surface area (Å²) < 4.78 is 1.00. The van der Waals surface area contributed by atoms with Gasteiger partial charge in [0.2, 0.25) is 5.91 Å². The zero-order valence-corrected chi connectivity index (χ0v) is 12.8. The molecule has 0 fully saturated rings. The highest BCUT2D eigenvalue weighted by Gasteiger charge is 2.06. The lowest BCUT2D eigenvalue weighted by molar-refractivity contribution is -0.115. The van der Waals surface area contributed by atoms with Crippen LogP contribution in [-0.2, 0) is 11.2 Å². The lowest BCUT2D eigenvalue weighted by atomic mass is 10.1. The van der Waals surface area contributed by atoms with E-state index in [2.05, 4.69) is 21.2 Å². The van der Waals surface area contributed by atoms with Crippen molar-refractivity contribution in [3.05, 3.63) is 63.1 Å². The van der Waals surface area contributed by atoms with Crippen molar-refractivity contribution in [2.75, 3.05) is 5.32 Å². The van der Waals surface area contributed by atoms with Crippen LogP contribution in [0.2, 0.25) is 5.02 Å². The van der Waals surface area contributed by atoms with E-state index in [1.165, 1.54) is 0 Å². The highest BCUT2D eigenvalue weighted by molar-refractivity contribution is 9.10. The summed E-state index contributed by atoms with van der Waals surface area (Å²) in [6, 6.07) is 13.1. The Bertz CT molecular complexity index is 596. The molecule has 0 radical (unpaired) electrons. The van der Waals surface area contributed by atoms with Crippen molar-refractivity contribution in [1.82, 2.24) is 0 Å². The van der Waals surface area contributed by atoms with Gasteiger partial charge in [-0.15, -0.1) is 0 Å². The maximum atomic E-state index is 11.9. The Morgan fingerprint density at radius 3 is 2.53 bits per heavy atom. The first-order chi connectivity index (χ1) is 9.04. The summed E-state index contributed by atoms with van der Waals surface area (Å²) in [6.07, 6.45) is 0.356. The quantitative estimate of drug-likeness (QED) is 0.871. The van der Waals surface area contributed by atoms with Crippen molar-refractivity contribution >= 4 is 39.1 Å². The normalized spacial score (nSPS) is 10.3. The molecule has 0 aliphatic rings. The van der Waals surface area contributed by atoms with E-state index < -0.39 is 0 Å². The number of amides is 1. The Kier molecular flexibility index (Phi) is 4.61. The summed E-state index contributed by atoms with van der Waals surface area (Å²) in [4.78, 5) is 11.9. The molecule has 19 heavy (non-hydrogen) atoms. The third-order valence-corrected chi connectivity index (χ3v) is 3.50. The fraction of sp³-hybridized carbons (Fsp3) is 0.133. The fourth-order valence-corrected chi connectivity index (χ4v) is 2.24. The van der Waals surface area contributed by atoms with E-state index >= 15 is 0 Å². The van der Waals surface area contributed by atoms with E-state index in [4.69, 9.17) is 11.6 Å². The predicted molar refractivity (Wildman–Crippen MR) is 82.7 cm³/mol. The zero-order valence-electron chi connectivity index (χ0n) is 10.4. The number of hydrogen-bond acceptors (Lipinski definition) is 1. The van der Waals surface area contributed by atoms with Crippen LogP contribution in [0.25, 0.3) is 0 Å². The molecule has 0 spiro atoms. The smallest absolute Gasteiger partial charge is 0.228 e. The third-order valence-electron chi connectivity index (χ3n) is 2.74. The Hall–Kier alpha value is -1.32. The molecule has 0 unspecified atom stereocenters. The second-order valence-corrected chi connectivity index (χ2v) is 5.66. The third kappa shape index (κ3) is 4.08. The van der Waals surface area contributed by atoms with Crippen LogP contribution in [0.1, 0.15) is 11.1 Å². The van der Waals surface area contributed by atoms with Crippen LogP contribution in [0.5, 0.6) is 0 Å². The molecule has 0 heterocycles. The van der Waals surface area contributed by atoms with Gasteiger partial charge in [-0.2, -0.15) is 0 Å². The van der Waals surface area contributed by atoms with E-state index in [1.807, 2.05) is 43.3 Å². The second kappa shape index (κ2) is 6.22. The van der Waals surface area contributed by atoms with Crippen LogP contribution in [0, 0.1) is 6.92 Å². The average molecular weight is 339 g/mol. The molecule has 1 amide bonds. The lowest BCUT2D eigenvalue weighted by Gasteiger charge is -2.08. The van der Waals surface area contributed by atoms with Crippen LogP contribution < -0.4 is 5.32 Å². The first kappa shape index (κ1) is 14.1. The minimum atomic E-state index is -0.0345. The Balaban J connectivity index is 2.03. The van der Waals surface area contributed by atoms with E-state index in [0.717, 1.165) is 21.3 Å². The molecule has 0 saturated carbocycles. The molecule has 0 bridgehead atoms. The highest BCUT2D eigenvalue weighted by Crippen LogP contribution is 2.20. The fourth-order valence-electron chi connectivity index (χ4n) is 1.75. The van der Waals surface area contributed by atoms with Crippen LogP contribution in [0.4, 0.5) is 5.69 Å². The molecule has 4 heteroatoms. The molecule has 0 saturated heterocycles. The number of halogens is 2. The molecule has 2 rings (SSSR count). The molecule has 0 aliphatic carbocycles. The molecule has 2 nitrogen and oxygen atoms in total. The molecule has 2 aromatic rings. The van der Waals surface area contributed by atoms with Crippen LogP contribution >= 0.6 is 27.5 Å². The van der Waals surface area contributed by atoms with Crippen molar-refractivity contribution in [2.45, 2.75) is 13.3 Å². The Morgan fingerprint density at radius 1 is 1.21 bits per heavy atom. The molecule has 0 atom stereocenters. The number of aryl methyl sites for hydroxylation is 1. The van der Waals surface area contributed by atoms with Crippen molar-refractivity contribution in [1.29, 1.82) is 0 Å². The maximum absolute atomic E-state index is 11.9. The van der Waals surface area contributed by atoms with Gasteiger partial charge in [-0.05, 0) is 48.4 Å². The first-order valence-electron chi connectivity index (χ1n) is 5.85. The standard InChI is InChI=1S/C15H13BrClNO/c1-10-8-13(17)6-7-14(10)18-15(19)9-11-2-4-12(16)5-3-11/h2-8H,9H2,1H3,(H,18,19). The minimum absolute atomic E-state index is 0.0345. The van der Waals surface area contributed by atoms with E-state index in [9.17, 15) is 4.79 Å². The van der Waals surface area contributed by atoms with Crippen LogP contribution in [0.15, 0.2) is 46.9 Å². The summed E-state index contributed by atoms with van der Waals surface area (Å²) in [7, 11) is 0. The van der Waals surface area contributed by atoms with Gasteiger partial charge in [-0.3, -0.25) is 4.79 Å². The monoisotopic (exact) mass is 337 g/mol. The maximum Gasteiger partial charge on any atom is 0.228 e. The summed E-state index contributed by atoms with van der Waals surface area (Å²) in [5.74, 6) is -0.0345. The molecule has 1 N–H and O–H groups in total. The summed E-state index contributed by atoms with van der Waals surface area (Å²) >= 11 is 9.25. The van der Waals surface area contributed by atoms with E-state index in [-0.39, 0.29) is 5.91 Å². The Morgan fingerprint density at radius 2 is 1.89 bits per heavy atom.